The molecule has 0 spiro atoms. The van der Waals surface area contributed by atoms with E-state index in [-0.39, 0.29) is 25.2 Å². The summed E-state index contributed by atoms with van der Waals surface area (Å²) in [4.78, 5) is 50.2. The minimum atomic E-state index is -1.41. The van der Waals surface area contributed by atoms with Gasteiger partial charge < -0.3 is 31.9 Å². The fourth-order valence-corrected chi connectivity index (χ4v) is 3.73. The van der Waals surface area contributed by atoms with Gasteiger partial charge in [-0.2, -0.15) is 0 Å². The number of nitrogens with two attached hydrogens (primary N) is 1. The van der Waals surface area contributed by atoms with Gasteiger partial charge in [0.2, 0.25) is 17.7 Å². The highest BCUT2D eigenvalue weighted by atomic mass is 16.4. The van der Waals surface area contributed by atoms with Crippen molar-refractivity contribution in [3.63, 3.8) is 0 Å². The summed E-state index contributed by atoms with van der Waals surface area (Å²) in [5, 5.41) is 26.7. The molecule has 0 fully saturated rings. The van der Waals surface area contributed by atoms with Gasteiger partial charge >= 0.3 is 5.97 Å². The van der Waals surface area contributed by atoms with E-state index < -0.39 is 54.5 Å². The van der Waals surface area contributed by atoms with Gasteiger partial charge in [0.15, 0.2) is 0 Å². The second-order valence-corrected chi connectivity index (χ2v) is 9.32. The van der Waals surface area contributed by atoms with Gasteiger partial charge in [0.25, 0.3) is 0 Å². The molecule has 0 aliphatic heterocycles. The second-order valence-electron chi connectivity index (χ2n) is 9.32. The van der Waals surface area contributed by atoms with E-state index in [2.05, 4.69) is 16.0 Å². The summed E-state index contributed by atoms with van der Waals surface area (Å²) in [5.41, 5.74) is 7.62. The number of aliphatic carboxylic acids is 1. The highest BCUT2D eigenvalue weighted by Crippen LogP contribution is 2.08. The van der Waals surface area contributed by atoms with E-state index in [4.69, 9.17) is 5.73 Å². The first kappa shape index (κ1) is 29.5. The Morgan fingerprint density at radius 3 is 1.68 bits per heavy atom. The lowest BCUT2D eigenvalue weighted by molar-refractivity contribution is -0.142. The molecule has 4 unspecified atom stereocenters. The number of carboxylic acids is 1. The molecule has 0 heterocycles. The third-order valence-corrected chi connectivity index (χ3v) is 5.69. The third-order valence-electron chi connectivity index (χ3n) is 5.69. The fraction of sp³-hybridized carbons (Fsp3) is 0.407. The number of amides is 3. The maximum atomic E-state index is 13.0. The molecule has 2 aromatic rings. The summed E-state index contributed by atoms with van der Waals surface area (Å²) in [5.74, 6) is -3.29. The summed E-state index contributed by atoms with van der Waals surface area (Å²) in [7, 11) is 0. The van der Waals surface area contributed by atoms with Crippen LogP contribution in [0.2, 0.25) is 0 Å². The lowest BCUT2D eigenvalue weighted by Crippen LogP contribution is -2.58. The third kappa shape index (κ3) is 10.0. The van der Waals surface area contributed by atoms with Crippen LogP contribution in [0.25, 0.3) is 0 Å². The van der Waals surface area contributed by atoms with Gasteiger partial charge in [0.1, 0.15) is 18.1 Å². The van der Waals surface area contributed by atoms with E-state index in [1.807, 2.05) is 44.2 Å². The highest BCUT2D eigenvalue weighted by molar-refractivity contribution is 5.94. The molecule has 0 saturated heterocycles. The first-order valence-electron chi connectivity index (χ1n) is 12.2. The van der Waals surface area contributed by atoms with Crippen LogP contribution in [0.15, 0.2) is 60.7 Å². The Hall–Kier alpha value is -3.76. The minimum absolute atomic E-state index is 0.0186. The van der Waals surface area contributed by atoms with Crippen molar-refractivity contribution in [1.82, 2.24) is 16.0 Å². The first-order valence-corrected chi connectivity index (χ1v) is 12.2. The summed E-state index contributed by atoms with van der Waals surface area (Å²) in [6.07, 6.45) is 0.572. The van der Waals surface area contributed by atoms with E-state index in [0.29, 0.717) is 5.56 Å². The number of hydrogen-bond acceptors (Lipinski definition) is 6. The van der Waals surface area contributed by atoms with E-state index >= 15 is 0 Å². The quantitative estimate of drug-likeness (QED) is 0.212. The molecule has 7 N–H and O–H groups in total. The molecule has 200 valence electrons. The molecule has 0 aromatic heterocycles. The molecule has 0 aliphatic carbocycles. The molecule has 4 atom stereocenters. The number of aliphatic hydroxyl groups is 1. The predicted octanol–water partition coefficient (Wildman–Crippen LogP) is 0.377. The van der Waals surface area contributed by atoms with E-state index in [9.17, 15) is 29.4 Å². The molecule has 0 bridgehead atoms. The fourth-order valence-electron chi connectivity index (χ4n) is 3.73. The van der Waals surface area contributed by atoms with Crippen LogP contribution >= 0.6 is 0 Å². The Labute approximate surface area is 216 Å². The molecule has 0 saturated carbocycles. The average molecular weight is 513 g/mol. The minimum Gasteiger partial charge on any atom is -0.480 e. The molecule has 2 rings (SSSR count). The maximum Gasteiger partial charge on any atom is 0.326 e. The molecule has 37 heavy (non-hydrogen) atoms. The molecular weight excluding hydrogens is 476 g/mol. The number of rotatable bonds is 14. The lowest BCUT2D eigenvalue weighted by atomic mass is 10.0. The molecule has 2 aromatic carbocycles. The van der Waals surface area contributed by atoms with Crippen LogP contribution < -0.4 is 21.7 Å². The van der Waals surface area contributed by atoms with Crippen LogP contribution in [0.3, 0.4) is 0 Å². The number of carbonyl (C=O) groups is 4. The average Bonchev–Trinajstić information content (AvgIpc) is 2.87. The molecule has 3 amide bonds. The predicted molar refractivity (Wildman–Crippen MR) is 138 cm³/mol. The molecule has 0 aliphatic rings. The van der Waals surface area contributed by atoms with Gasteiger partial charge in [0.05, 0.1) is 12.6 Å². The Bertz CT molecular complexity index is 1030. The molecule has 10 nitrogen and oxygen atoms in total. The topological polar surface area (TPSA) is 171 Å². The van der Waals surface area contributed by atoms with Gasteiger partial charge in [-0.1, -0.05) is 74.5 Å². The zero-order chi connectivity index (χ0) is 27.4. The normalized spacial score (nSPS) is 14.2. The number of benzene rings is 2. The number of carbonyl (C=O) groups excluding carboxylic acids is 3. The Morgan fingerprint density at radius 2 is 1.19 bits per heavy atom. The van der Waals surface area contributed by atoms with Gasteiger partial charge in [-0.15, -0.1) is 0 Å². The number of hydrogen-bond donors (Lipinski definition) is 6. The smallest absolute Gasteiger partial charge is 0.326 e. The summed E-state index contributed by atoms with van der Waals surface area (Å²) in [6.45, 7) is 2.98. The van der Waals surface area contributed by atoms with Crippen LogP contribution in [0.1, 0.15) is 31.4 Å². The van der Waals surface area contributed by atoms with Crippen molar-refractivity contribution >= 4 is 23.7 Å². The maximum absolute atomic E-state index is 13.0. The van der Waals surface area contributed by atoms with Crippen molar-refractivity contribution in [1.29, 1.82) is 0 Å². The SMILES string of the molecule is CC(C)CC(NC(=O)C(N)Cc1ccccc1)C(=O)NC(CO)C(=O)NC(Cc1ccccc1)C(=O)O. The van der Waals surface area contributed by atoms with Crippen molar-refractivity contribution in [2.45, 2.75) is 57.3 Å². The molecular formula is C27H36N4O6. The van der Waals surface area contributed by atoms with Crippen LogP contribution in [-0.4, -0.2) is 64.7 Å². The van der Waals surface area contributed by atoms with Crippen LogP contribution in [-0.2, 0) is 32.0 Å². The van der Waals surface area contributed by atoms with Gasteiger partial charge in [-0.25, -0.2) is 4.79 Å². The number of aliphatic hydroxyl groups excluding tert-OH is 1. The van der Waals surface area contributed by atoms with E-state index in [1.54, 1.807) is 30.3 Å². The summed E-state index contributed by atoms with van der Waals surface area (Å²) < 4.78 is 0. The van der Waals surface area contributed by atoms with Crippen LogP contribution in [0.5, 0.6) is 0 Å². The van der Waals surface area contributed by atoms with Crippen molar-refractivity contribution in [2.24, 2.45) is 11.7 Å². The summed E-state index contributed by atoms with van der Waals surface area (Å²) in [6, 6.07) is 13.4. The molecule has 10 heteroatoms. The first-order chi connectivity index (χ1) is 17.6. The number of nitrogens with one attached hydrogen (secondary N) is 3. The van der Waals surface area contributed by atoms with Crippen LogP contribution in [0.4, 0.5) is 0 Å². The van der Waals surface area contributed by atoms with Gasteiger partial charge in [0, 0.05) is 6.42 Å². The van der Waals surface area contributed by atoms with Crippen molar-refractivity contribution in [2.75, 3.05) is 6.61 Å². The van der Waals surface area contributed by atoms with Gasteiger partial charge in [-0.05, 0) is 29.9 Å². The zero-order valence-electron chi connectivity index (χ0n) is 21.1. The monoisotopic (exact) mass is 512 g/mol. The Balaban J connectivity index is 2.03. The summed E-state index contributed by atoms with van der Waals surface area (Å²) >= 11 is 0. The van der Waals surface area contributed by atoms with E-state index in [0.717, 1.165) is 5.56 Å². The highest BCUT2D eigenvalue weighted by Gasteiger charge is 2.30. The Kier molecular flexibility index (Phi) is 11.7. The zero-order valence-corrected chi connectivity index (χ0v) is 21.1. The Morgan fingerprint density at radius 1 is 0.730 bits per heavy atom. The standard InChI is InChI=1S/C27H36N4O6/c1-17(2)13-21(29-24(33)20(28)14-18-9-5-3-6-10-18)25(34)31-23(16-32)26(35)30-22(27(36)37)15-19-11-7-4-8-12-19/h3-12,17,20-23,32H,13-16,28H2,1-2H3,(H,29,33)(H,30,35)(H,31,34)(H,36,37). The molecule has 0 radical (unpaired) electrons. The van der Waals surface area contributed by atoms with Crippen molar-refractivity contribution in [3.05, 3.63) is 71.8 Å². The lowest BCUT2D eigenvalue weighted by Gasteiger charge is -2.25. The van der Waals surface area contributed by atoms with Crippen LogP contribution in [0, 0.1) is 5.92 Å². The van der Waals surface area contributed by atoms with Gasteiger partial charge in [-0.3, -0.25) is 14.4 Å². The van der Waals surface area contributed by atoms with Crippen molar-refractivity contribution < 1.29 is 29.4 Å². The second kappa shape index (κ2) is 14.7. The number of carboxylic acid groups (broad SMARTS) is 1. The van der Waals surface area contributed by atoms with Crippen molar-refractivity contribution in [3.8, 4) is 0 Å². The van der Waals surface area contributed by atoms with E-state index in [1.165, 1.54) is 0 Å². The largest absolute Gasteiger partial charge is 0.480 e.